The summed E-state index contributed by atoms with van der Waals surface area (Å²) in [5, 5.41) is 20.3. The second kappa shape index (κ2) is 5.43. The van der Waals surface area contributed by atoms with Crippen molar-refractivity contribution in [1.29, 1.82) is 0 Å². The van der Waals surface area contributed by atoms with Gasteiger partial charge in [-0.05, 0) is 42.7 Å². The molecule has 2 N–H and O–H groups in total. The molecule has 1 heterocycles. The molecule has 2 aromatic carbocycles. The Bertz CT molecular complexity index is 780. The number of benzene rings is 2. The molecular weight excluding hydrogens is 286 g/mol. The van der Waals surface area contributed by atoms with Crippen molar-refractivity contribution in [1.82, 2.24) is 4.90 Å². The van der Waals surface area contributed by atoms with Gasteiger partial charge in [-0.25, -0.2) is 0 Å². The van der Waals surface area contributed by atoms with Crippen LogP contribution in [0.25, 0.3) is 5.57 Å². The van der Waals surface area contributed by atoms with Crippen LogP contribution in [0.1, 0.15) is 29.0 Å². The minimum atomic E-state index is -0.0243. The van der Waals surface area contributed by atoms with Gasteiger partial charge in [0.05, 0.1) is 0 Å². The Labute approximate surface area is 136 Å². The van der Waals surface area contributed by atoms with Gasteiger partial charge in [0.2, 0.25) is 0 Å². The fourth-order valence-electron chi connectivity index (χ4n) is 4.00. The molecule has 1 aliphatic heterocycles. The van der Waals surface area contributed by atoms with Crippen molar-refractivity contribution >= 4 is 5.57 Å². The average Bonchev–Trinajstić information content (AvgIpc) is 2.58. The maximum absolute atomic E-state index is 10.4. The largest absolute Gasteiger partial charge is 0.504 e. The van der Waals surface area contributed by atoms with Crippen LogP contribution in [0.3, 0.4) is 0 Å². The fraction of sp³-hybridized carbons (Fsp3) is 0.300. The second-order valence-corrected chi connectivity index (χ2v) is 6.62. The van der Waals surface area contributed by atoms with Crippen LogP contribution in [-0.2, 0) is 6.42 Å². The van der Waals surface area contributed by atoms with Gasteiger partial charge in [0.25, 0.3) is 0 Å². The lowest BCUT2D eigenvalue weighted by Gasteiger charge is -2.37. The van der Waals surface area contributed by atoms with Crippen LogP contribution >= 0.6 is 0 Å². The normalized spacial score (nSPS) is 21.0. The maximum Gasteiger partial charge on any atom is 0.161 e. The highest BCUT2D eigenvalue weighted by molar-refractivity contribution is 5.79. The number of fused-ring (bicyclic) bond motifs is 2. The Hall–Kier alpha value is -2.26. The molecule has 0 saturated heterocycles. The molecule has 1 aliphatic carbocycles. The highest BCUT2D eigenvalue weighted by Crippen LogP contribution is 2.47. The maximum atomic E-state index is 10.4. The van der Waals surface area contributed by atoms with E-state index in [0.29, 0.717) is 5.92 Å². The topological polar surface area (TPSA) is 43.7 Å². The lowest BCUT2D eigenvalue weighted by atomic mass is 9.73. The Kier molecular flexibility index (Phi) is 3.38. The molecule has 0 bridgehead atoms. The number of aromatic hydroxyl groups is 2. The summed E-state index contributed by atoms with van der Waals surface area (Å²) in [6.07, 6.45) is 1.81. The van der Waals surface area contributed by atoms with E-state index in [1.807, 2.05) is 12.1 Å². The van der Waals surface area contributed by atoms with Crippen molar-refractivity contribution in [3.8, 4) is 11.5 Å². The van der Waals surface area contributed by atoms with Crippen LogP contribution in [-0.4, -0.2) is 35.3 Å². The van der Waals surface area contributed by atoms with Gasteiger partial charge < -0.3 is 15.1 Å². The standard InChI is InChI=1S/C20H21NO2/c1-21-10-9-15-16(13-5-3-2-4-6-13)11-17-14(18(15)12-21)7-8-19(22)20(17)23/h2-8,16,22-23H,9-12H2,1H3/t16-/m1/s1. The van der Waals surface area contributed by atoms with E-state index >= 15 is 0 Å². The molecule has 0 radical (unpaired) electrons. The number of phenolic OH excluding ortho intramolecular Hbond substituents is 2. The van der Waals surface area contributed by atoms with Gasteiger partial charge in [-0.1, -0.05) is 42.0 Å². The van der Waals surface area contributed by atoms with Gasteiger partial charge >= 0.3 is 0 Å². The van der Waals surface area contributed by atoms with Gasteiger partial charge in [-0.2, -0.15) is 0 Å². The van der Waals surface area contributed by atoms with E-state index < -0.39 is 0 Å². The van der Waals surface area contributed by atoms with Gasteiger partial charge in [0.15, 0.2) is 11.5 Å². The average molecular weight is 307 g/mol. The summed E-state index contributed by atoms with van der Waals surface area (Å²) in [6, 6.07) is 14.1. The number of rotatable bonds is 1. The molecule has 118 valence electrons. The highest BCUT2D eigenvalue weighted by atomic mass is 16.3. The SMILES string of the molecule is CN1CCC2=C(C1)c1ccc(O)c(O)c1C[C@@H]2c1ccccc1. The number of phenols is 2. The first-order chi connectivity index (χ1) is 11.1. The molecule has 1 atom stereocenters. The molecule has 3 heteroatoms. The predicted molar refractivity (Wildman–Crippen MR) is 91.7 cm³/mol. The molecule has 23 heavy (non-hydrogen) atoms. The van der Waals surface area contributed by atoms with E-state index in [1.165, 1.54) is 16.7 Å². The quantitative estimate of drug-likeness (QED) is 0.792. The molecule has 0 spiro atoms. The monoisotopic (exact) mass is 307 g/mol. The molecule has 0 fully saturated rings. The summed E-state index contributed by atoms with van der Waals surface area (Å²) in [6.45, 7) is 1.97. The van der Waals surface area contributed by atoms with E-state index in [-0.39, 0.29) is 11.5 Å². The van der Waals surface area contributed by atoms with Crippen LogP contribution in [0.2, 0.25) is 0 Å². The third kappa shape index (κ3) is 2.32. The zero-order valence-electron chi connectivity index (χ0n) is 13.3. The third-order valence-electron chi connectivity index (χ3n) is 5.20. The first-order valence-corrected chi connectivity index (χ1v) is 8.14. The van der Waals surface area contributed by atoms with E-state index in [1.54, 1.807) is 6.07 Å². The summed E-state index contributed by atoms with van der Waals surface area (Å²) in [5.41, 5.74) is 6.09. The fourth-order valence-corrected chi connectivity index (χ4v) is 4.00. The Morgan fingerprint density at radius 1 is 1.04 bits per heavy atom. The van der Waals surface area contributed by atoms with Crippen LogP contribution < -0.4 is 0 Å². The molecule has 2 aliphatic rings. The first kappa shape index (κ1) is 14.3. The van der Waals surface area contributed by atoms with Crippen LogP contribution in [0.5, 0.6) is 11.5 Å². The minimum absolute atomic E-state index is 0.0243. The molecule has 2 aromatic rings. The highest BCUT2D eigenvalue weighted by Gasteiger charge is 2.33. The van der Waals surface area contributed by atoms with Crippen molar-refractivity contribution in [2.75, 3.05) is 20.1 Å². The summed E-state index contributed by atoms with van der Waals surface area (Å²) in [7, 11) is 2.13. The van der Waals surface area contributed by atoms with Gasteiger partial charge in [-0.3, -0.25) is 0 Å². The van der Waals surface area contributed by atoms with Crippen molar-refractivity contribution < 1.29 is 10.2 Å². The minimum Gasteiger partial charge on any atom is -0.504 e. The molecule has 0 aromatic heterocycles. The van der Waals surface area contributed by atoms with Gasteiger partial charge in [0.1, 0.15) is 0 Å². The van der Waals surface area contributed by atoms with Crippen molar-refractivity contribution in [2.24, 2.45) is 0 Å². The van der Waals surface area contributed by atoms with Crippen LogP contribution in [0.15, 0.2) is 48.0 Å². The zero-order chi connectivity index (χ0) is 16.0. The predicted octanol–water partition coefficient (Wildman–Crippen LogP) is 3.53. The molecule has 4 rings (SSSR count). The van der Waals surface area contributed by atoms with E-state index in [0.717, 1.165) is 37.1 Å². The van der Waals surface area contributed by atoms with Crippen molar-refractivity contribution in [2.45, 2.75) is 18.8 Å². The molecule has 0 saturated carbocycles. The Morgan fingerprint density at radius 3 is 2.61 bits per heavy atom. The number of hydrogen-bond acceptors (Lipinski definition) is 3. The Balaban J connectivity index is 1.91. The summed E-state index contributed by atoms with van der Waals surface area (Å²) in [5.74, 6) is 0.312. The lowest BCUT2D eigenvalue weighted by molar-refractivity contribution is 0.357. The van der Waals surface area contributed by atoms with Crippen molar-refractivity contribution in [3.05, 3.63) is 64.7 Å². The number of hydrogen-bond donors (Lipinski definition) is 2. The number of likely N-dealkylation sites (N-methyl/N-ethyl adjacent to an activating group) is 1. The second-order valence-electron chi connectivity index (χ2n) is 6.62. The number of nitrogens with zero attached hydrogens (tertiary/aromatic N) is 1. The van der Waals surface area contributed by atoms with Crippen molar-refractivity contribution in [3.63, 3.8) is 0 Å². The molecule has 3 nitrogen and oxygen atoms in total. The first-order valence-electron chi connectivity index (χ1n) is 8.14. The summed E-state index contributed by atoms with van der Waals surface area (Å²) in [4.78, 5) is 2.32. The molecule has 0 amide bonds. The van der Waals surface area contributed by atoms with E-state index in [2.05, 4.69) is 36.2 Å². The third-order valence-corrected chi connectivity index (χ3v) is 5.20. The van der Waals surface area contributed by atoms with Crippen LogP contribution in [0.4, 0.5) is 0 Å². The van der Waals surface area contributed by atoms with Crippen LogP contribution in [0, 0.1) is 0 Å². The summed E-state index contributed by atoms with van der Waals surface area (Å²) < 4.78 is 0. The van der Waals surface area contributed by atoms with Gasteiger partial charge in [0, 0.05) is 24.6 Å². The zero-order valence-corrected chi connectivity index (χ0v) is 13.3. The lowest BCUT2D eigenvalue weighted by Crippen LogP contribution is -2.31. The molecule has 0 unspecified atom stereocenters. The van der Waals surface area contributed by atoms with E-state index in [9.17, 15) is 10.2 Å². The summed E-state index contributed by atoms with van der Waals surface area (Å²) >= 11 is 0. The smallest absolute Gasteiger partial charge is 0.161 e. The van der Waals surface area contributed by atoms with E-state index in [4.69, 9.17) is 0 Å². The Morgan fingerprint density at radius 2 is 1.83 bits per heavy atom. The molecular formula is C20H21NO2. The van der Waals surface area contributed by atoms with Gasteiger partial charge in [-0.15, -0.1) is 0 Å².